The van der Waals surface area contributed by atoms with E-state index in [9.17, 15) is 9.90 Å². The van der Waals surface area contributed by atoms with E-state index in [1.54, 1.807) is 18.3 Å². The lowest BCUT2D eigenvalue weighted by Crippen LogP contribution is -2.25. The first-order chi connectivity index (χ1) is 11.1. The van der Waals surface area contributed by atoms with E-state index < -0.39 is 5.97 Å². The molecule has 0 aliphatic carbocycles. The summed E-state index contributed by atoms with van der Waals surface area (Å²) in [6, 6.07) is 3.25. The molecular weight excluding hydrogens is 296 g/mol. The van der Waals surface area contributed by atoms with Crippen LogP contribution in [0.4, 0.5) is 0 Å². The fourth-order valence-corrected chi connectivity index (χ4v) is 2.86. The zero-order chi connectivity index (χ0) is 16.4. The van der Waals surface area contributed by atoms with Gasteiger partial charge in [0.05, 0.1) is 17.3 Å². The van der Waals surface area contributed by atoms with Gasteiger partial charge in [-0.05, 0) is 31.5 Å². The van der Waals surface area contributed by atoms with Crippen LogP contribution >= 0.6 is 0 Å². The summed E-state index contributed by atoms with van der Waals surface area (Å²) in [5, 5.41) is 13.3. The van der Waals surface area contributed by atoms with Crippen LogP contribution in [0.1, 0.15) is 66.4 Å². The number of hydrogen-bond donors (Lipinski definition) is 1. The minimum Gasteiger partial charge on any atom is -0.478 e. The molecule has 7 heteroatoms. The maximum atomic E-state index is 11.3. The first kappa shape index (κ1) is 15.6. The van der Waals surface area contributed by atoms with E-state index in [2.05, 4.69) is 20.0 Å². The molecule has 1 aliphatic heterocycles. The van der Waals surface area contributed by atoms with Gasteiger partial charge in [-0.25, -0.2) is 4.79 Å². The zero-order valence-electron chi connectivity index (χ0n) is 13.3. The first-order valence-electron chi connectivity index (χ1n) is 7.81. The molecule has 122 valence electrons. The molecule has 1 saturated heterocycles. The fraction of sp³-hybridized carbons (Fsp3) is 0.500. The zero-order valence-corrected chi connectivity index (χ0v) is 13.3. The van der Waals surface area contributed by atoms with Gasteiger partial charge in [-0.2, -0.15) is 4.98 Å². The monoisotopic (exact) mass is 316 g/mol. The molecule has 7 nitrogen and oxygen atoms in total. The Morgan fingerprint density at radius 2 is 2.35 bits per heavy atom. The number of carboxylic acid groups (broad SMARTS) is 1. The quantitative estimate of drug-likeness (QED) is 0.906. The van der Waals surface area contributed by atoms with Crippen LogP contribution < -0.4 is 0 Å². The molecule has 1 fully saturated rings. The maximum Gasteiger partial charge on any atom is 0.337 e. The van der Waals surface area contributed by atoms with Gasteiger partial charge in [0.2, 0.25) is 5.89 Å². The summed E-state index contributed by atoms with van der Waals surface area (Å²) in [5.74, 6) is 0.579. The van der Waals surface area contributed by atoms with Crippen LogP contribution in [0.25, 0.3) is 0 Å². The van der Waals surface area contributed by atoms with Crippen molar-refractivity contribution in [1.82, 2.24) is 20.0 Å². The molecule has 2 aromatic heterocycles. The third-order valence-electron chi connectivity index (χ3n) is 4.10. The second-order valence-electron chi connectivity index (χ2n) is 6.08. The van der Waals surface area contributed by atoms with Crippen LogP contribution in [-0.2, 0) is 6.54 Å². The summed E-state index contributed by atoms with van der Waals surface area (Å²) in [6.07, 6.45) is 3.56. The summed E-state index contributed by atoms with van der Waals surface area (Å²) in [6.45, 7) is 5.37. The topological polar surface area (TPSA) is 92.4 Å². The van der Waals surface area contributed by atoms with Gasteiger partial charge in [0, 0.05) is 18.7 Å². The molecule has 1 atom stereocenters. The number of aromatic nitrogens is 3. The molecule has 0 spiro atoms. The van der Waals surface area contributed by atoms with E-state index in [4.69, 9.17) is 4.52 Å². The Morgan fingerprint density at radius 1 is 1.52 bits per heavy atom. The normalized spacial score (nSPS) is 18.7. The highest BCUT2D eigenvalue weighted by Crippen LogP contribution is 2.32. The summed E-state index contributed by atoms with van der Waals surface area (Å²) >= 11 is 0. The molecule has 0 aromatic carbocycles. The van der Waals surface area contributed by atoms with E-state index in [0.29, 0.717) is 24.0 Å². The minimum atomic E-state index is -0.955. The van der Waals surface area contributed by atoms with E-state index in [0.717, 1.165) is 19.4 Å². The number of likely N-dealkylation sites (tertiary alicyclic amines) is 1. The van der Waals surface area contributed by atoms with E-state index in [-0.39, 0.29) is 17.5 Å². The molecule has 1 N–H and O–H groups in total. The molecule has 0 amide bonds. The lowest BCUT2D eigenvalue weighted by atomic mass is 10.1. The largest absolute Gasteiger partial charge is 0.478 e. The number of nitrogens with zero attached hydrogens (tertiary/aromatic N) is 4. The van der Waals surface area contributed by atoms with Crippen LogP contribution in [0.2, 0.25) is 0 Å². The van der Waals surface area contributed by atoms with Crippen molar-refractivity contribution in [2.45, 2.75) is 45.2 Å². The average Bonchev–Trinajstić information content (AvgIpc) is 3.16. The smallest absolute Gasteiger partial charge is 0.337 e. The number of carbonyl (C=O) groups is 1. The predicted octanol–water partition coefficient (Wildman–Crippen LogP) is 2.62. The van der Waals surface area contributed by atoms with Crippen LogP contribution in [0, 0.1) is 0 Å². The highest BCUT2D eigenvalue weighted by molar-refractivity contribution is 5.88. The van der Waals surface area contributed by atoms with Crippen LogP contribution in [-0.4, -0.2) is 37.6 Å². The number of aromatic carboxylic acids is 1. The third-order valence-corrected chi connectivity index (χ3v) is 4.10. The van der Waals surface area contributed by atoms with Crippen molar-refractivity contribution in [3.05, 3.63) is 41.3 Å². The summed E-state index contributed by atoms with van der Waals surface area (Å²) in [4.78, 5) is 22.2. The van der Waals surface area contributed by atoms with Gasteiger partial charge in [-0.3, -0.25) is 9.88 Å². The van der Waals surface area contributed by atoms with E-state index >= 15 is 0 Å². The molecule has 0 bridgehead atoms. The van der Waals surface area contributed by atoms with Crippen molar-refractivity contribution in [1.29, 1.82) is 0 Å². The standard InChI is InChI=1S/C16H20N4O3/c1-10(2)14-18-15(23-19-14)13-6-4-8-20(13)9-12-11(16(21)22)5-3-7-17-12/h3,5,7,10,13H,4,6,8-9H2,1-2H3,(H,21,22)/t13-/m1/s1. The van der Waals surface area contributed by atoms with Crippen LogP contribution in [0.3, 0.4) is 0 Å². The molecule has 1 aliphatic rings. The first-order valence-corrected chi connectivity index (χ1v) is 7.81. The maximum absolute atomic E-state index is 11.3. The number of hydrogen-bond acceptors (Lipinski definition) is 6. The SMILES string of the molecule is CC(C)c1noc([C@H]2CCCN2Cc2ncccc2C(=O)O)n1. The Hall–Kier alpha value is -2.28. The fourth-order valence-electron chi connectivity index (χ4n) is 2.86. The second-order valence-corrected chi connectivity index (χ2v) is 6.08. The van der Waals surface area contributed by atoms with Gasteiger partial charge in [0.15, 0.2) is 5.82 Å². The minimum absolute atomic E-state index is 0.0265. The van der Waals surface area contributed by atoms with Gasteiger partial charge < -0.3 is 9.63 Å². The van der Waals surface area contributed by atoms with Gasteiger partial charge in [-0.1, -0.05) is 19.0 Å². The Balaban J connectivity index is 1.81. The lowest BCUT2D eigenvalue weighted by Gasteiger charge is -2.21. The Labute approximate surface area is 134 Å². The third kappa shape index (κ3) is 3.24. The molecule has 2 aromatic rings. The van der Waals surface area contributed by atoms with E-state index in [1.165, 1.54) is 0 Å². The van der Waals surface area contributed by atoms with Crippen molar-refractivity contribution in [2.24, 2.45) is 0 Å². The molecule has 3 heterocycles. The highest BCUT2D eigenvalue weighted by atomic mass is 16.5. The van der Waals surface area contributed by atoms with Crippen molar-refractivity contribution in [2.75, 3.05) is 6.54 Å². The van der Waals surface area contributed by atoms with Crippen LogP contribution in [0.15, 0.2) is 22.9 Å². The molecular formula is C16H20N4O3. The van der Waals surface area contributed by atoms with Gasteiger partial charge >= 0.3 is 5.97 Å². The average molecular weight is 316 g/mol. The molecule has 0 radical (unpaired) electrons. The summed E-state index contributed by atoms with van der Waals surface area (Å²) < 4.78 is 5.42. The van der Waals surface area contributed by atoms with Gasteiger partial charge in [-0.15, -0.1) is 0 Å². The Kier molecular flexibility index (Phi) is 4.38. The van der Waals surface area contributed by atoms with E-state index in [1.807, 2.05) is 13.8 Å². The highest BCUT2D eigenvalue weighted by Gasteiger charge is 2.32. The van der Waals surface area contributed by atoms with Crippen molar-refractivity contribution >= 4 is 5.97 Å². The molecule has 23 heavy (non-hydrogen) atoms. The van der Waals surface area contributed by atoms with Gasteiger partial charge in [0.25, 0.3) is 0 Å². The number of rotatable bonds is 5. The van der Waals surface area contributed by atoms with Crippen molar-refractivity contribution in [3.8, 4) is 0 Å². The Bertz CT molecular complexity index is 698. The lowest BCUT2D eigenvalue weighted by molar-refractivity contribution is 0.0693. The number of pyridine rings is 1. The molecule has 0 saturated carbocycles. The van der Waals surface area contributed by atoms with Crippen molar-refractivity contribution < 1.29 is 14.4 Å². The van der Waals surface area contributed by atoms with Crippen LogP contribution in [0.5, 0.6) is 0 Å². The second kappa shape index (κ2) is 6.45. The van der Waals surface area contributed by atoms with Gasteiger partial charge in [0.1, 0.15) is 0 Å². The Morgan fingerprint density at radius 3 is 3.04 bits per heavy atom. The molecule has 0 unspecified atom stereocenters. The van der Waals surface area contributed by atoms with Crippen molar-refractivity contribution in [3.63, 3.8) is 0 Å². The summed E-state index contributed by atoms with van der Waals surface area (Å²) in [7, 11) is 0. The summed E-state index contributed by atoms with van der Waals surface area (Å²) in [5.41, 5.74) is 0.807. The number of carboxylic acids is 1. The molecule has 3 rings (SSSR count). The predicted molar refractivity (Wildman–Crippen MR) is 82.0 cm³/mol.